The Kier molecular flexibility index (Phi) is 8.19. The number of aliphatic hydroxyl groups excluding tert-OH is 1. The molecule has 0 spiro atoms. The van der Waals surface area contributed by atoms with Gasteiger partial charge in [-0.3, -0.25) is 14.5 Å². The van der Waals surface area contributed by atoms with Crippen LogP contribution in [0, 0.1) is 6.92 Å². The number of rotatable bonds is 8. The summed E-state index contributed by atoms with van der Waals surface area (Å²) in [5.41, 5.74) is 1.93. The highest BCUT2D eigenvalue weighted by molar-refractivity contribution is 6.52. The van der Waals surface area contributed by atoms with Crippen LogP contribution in [-0.2, 0) is 9.59 Å². The molecule has 1 atom stereocenters. The van der Waals surface area contributed by atoms with E-state index in [1.165, 1.54) is 24.1 Å². The predicted octanol–water partition coefficient (Wildman–Crippen LogP) is 6.73. The number of nitrogens with zero attached hydrogens (tertiary/aromatic N) is 1. The van der Waals surface area contributed by atoms with Crippen molar-refractivity contribution in [2.45, 2.75) is 26.8 Å². The molecule has 1 amide bonds. The molecule has 1 N–H and O–H groups in total. The van der Waals surface area contributed by atoms with Gasteiger partial charge in [-0.05, 0) is 50.6 Å². The lowest BCUT2D eigenvalue weighted by Gasteiger charge is -2.26. The summed E-state index contributed by atoms with van der Waals surface area (Å²) >= 11 is 12.5. The van der Waals surface area contributed by atoms with E-state index >= 15 is 0 Å². The van der Waals surface area contributed by atoms with Gasteiger partial charge < -0.3 is 19.3 Å². The highest BCUT2D eigenvalue weighted by Gasteiger charge is 2.47. The number of carbonyl (C=O) groups excluding carboxylic acids is 2. The molecule has 7 nitrogen and oxygen atoms in total. The second-order valence-electron chi connectivity index (χ2n) is 8.55. The predicted molar refractivity (Wildman–Crippen MR) is 148 cm³/mol. The summed E-state index contributed by atoms with van der Waals surface area (Å²) in [7, 11) is 1.39. The Balaban J connectivity index is 1.99. The number of anilines is 1. The molecule has 1 saturated heterocycles. The molecule has 3 aromatic carbocycles. The summed E-state index contributed by atoms with van der Waals surface area (Å²) in [6.45, 7) is 6.40. The van der Waals surface area contributed by atoms with E-state index in [4.69, 9.17) is 37.4 Å². The minimum Gasteiger partial charge on any atom is -0.507 e. The van der Waals surface area contributed by atoms with Crippen molar-refractivity contribution in [2.75, 3.05) is 25.2 Å². The van der Waals surface area contributed by atoms with Gasteiger partial charge in [0.1, 0.15) is 11.5 Å². The first-order valence-electron chi connectivity index (χ1n) is 12.0. The number of hydrogen-bond acceptors (Lipinski definition) is 6. The molecule has 1 fully saturated rings. The highest BCUT2D eigenvalue weighted by atomic mass is 35.5. The Hall–Kier alpha value is -3.68. The quantitative estimate of drug-likeness (QED) is 0.188. The number of amides is 1. The maximum Gasteiger partial charge on any atom is 0.300 e. The fourth-order valence-corrected chi connectivity index (χ4v) is 5.10. The Bertz CT molecular complexity index is 1430. The summed E-state index contributed by atoms with van der Waals surface area (Å²) in [6, 6.07) is 14.3. The molecule has 1 aliphatic heterocycles. The van der Waals surface area contributed by atoms with Crippen molar-refractivity contribution in [1.29, 1.82) is 0 Å². The monoisotopic (exact) mass is 555 g/mol. The van der Waals surface area contributed by atoms with Crippen molar-refractivity contribution in [3.8, 4) is 17.2 Å². The van der Waals surface area contributed by atoms with Gasteiger partial charge in [0.05, 0.1) is 42.5 Å². The fourth-order valence-electron chi connectivity index (χ4n) is 4.53. The van der Waals surface area contributed by atoms with Gasteiger partial charge in [0, 0.05) is 16.8 Å². The smallest absolute Gasteiger partial charge is 0.300 e. The van der Waals surface area contributed by atoms with Crippen LogP contribution in [0.25, 0.3) is 5.76 Å². The van der Waals surface area contributed by atoms with E-state index in [2.05, 4.69) is 0 Å². The zero-order chi connectivity index (χ0) is 27.6. The van der Waals surface area contributed by atoms with Crippen molar-refractivity contribution in [2.24, 2.45) is 0 Å². The molecule has 3 aromatic rings. The van der Waals surface area contributed by atoms with Gasteiger partial charge in [-0.25, -0.2) is 0 Å². The van der Waals surface area contributed by atoms with Crippen LogP contribution in [0.2, 0.25) is 10.0 Å². The maximum absolute atomic E-state index is 13.6. The lowest BCUT2D eigenvalue weighted by molar-refractivity contribution is -0.132. The summed E-state index contributed by atoms with van der Waals surface area (Å²) in [5.74, 6) is -1.05. The number of carbonyl (C=O) groups is 2. The van der Waals surface area contributed by atoms with Gasteiger partial charge in [0.25, 0.3) is 11.7 Å². The largest absolute Gasteiger partial charge is 0.507 e. The lowest BCUT2D eigenvalue weighted by Crippen LogP contribution is -2.29. The average Bonchev–Trinajstić information content (AvgIpc) is 3.15. The number of aliphatic hydroxyl groups is 1. The minimum atomic E-state index is -0.954. The van der Waals surface area contributed by atoms with Crippen LogP contribution in [0.5, 0.6) is 17.2 Å². The van der Waals surface area contributed by atoms with Gasteiger partial charge in [-0.15, -0.1) is 0 Å². The molecule has 0 bridgehead atoms. The molecule has 0 aliphatic carbocycles. The first kappa shape index (κ1) is 27.4. The number of hydrogen-bond donors (Lipinski definition) is 1. The Morgan fingerprint density at radius 2 is 1.68 bits per heavy atom. The van der Waals surface area contributed by atoms with Crippen LogP contribution in [-0.4, -0.2) is 37.1 Å². The normalized spacial score (nSPS) is 16.6. The Morgan fingerprint density at radius 3 is 2.34 bits per heavy atom. The van der Waals surface area contributed by atoms with Crippen molar-refractivity contribution < 1.29 is 28.9 Å². The molecule has 1 aliphatic rings. The third kappa shape index (κ3) is 5.04. The van der Waals surface area contributed by atoms with E-state index in [1.54, 1.807) is 24.3 Å². The molecular formula is C29H27Cl2NO6. The molecule has 9 heteroatoms. The molecule has 0 radical (unpaired) electrons. The van der Waals surface area contributed by atoms with Crippen molar-refractivity contribution >= 4 is 46.3 Å². The molecule has 0 saturated carbocycles. The summed E-state index contributed by atoms with van der Waals surface area (Å²) in [5, 5.41) is 11.9. The summed E-state index contributed by atoms with van der Waals surface area (Å²) in [4.78, 5) is 28.5. The van der Waals surface area contributed by atoms with Crippen LogP contribution in [0.3, 0.4) is 0 Å². The number of benzene rings is 3. The number of halogens is 2. The van der Waals surface area contributed by atoms with Gasteiger partial charge in [-0.2, -0.15) is 0 Å². The second-order valence-corrected chi connectivity index (χ2v) is 9.39. The minimum absolute atomic E-state index is 0.0994. The average molecular weight is 556 g/mol. The number of methoxy groups -OCH3 is 1. The molecule has 1 unspecified atom stereocenters. The number of Topliss-reactive ketones (excluding diaryl/α,β-unsaturated/α-hetero) is 1. The van der Waals surface area contributed by atoms with Gasteiger partial charge in [0.2, 0.25) is 0 Å². The van der Waals surface area contributed by atoms with E-state index in [0.717, 1.165) is 5.56 Å². The summed E-state index contributed by atoms with van der Waals surface area (Å²) < 4.78 is 16.8. The topological polar surface area (TPSA) is 85.3 Å². The Labute approximate surface area is 231 Å². The van der Waals surface area contributed by atoms with Gasteiger partial charge in [-0.1, -0.05) is 53.0 Å². The molecule has 1 heterocycles. The highest BCUT2D eigenvalue weighted by Crippen LogP contribution is 2.46. The third-order valence-corrected chi connectivity index (χ3v) is 6.57. The number of ether oxygens (including phenoxy) is 3. The van der Waals surface area contributed by atoms with E-state index in [0.29, 0.717) is 36.0 Å². The standard InChI is InChI=1S/C29H27Cl2NO6/c1-5-37-22-11-10-19(15-23(22)38-6-2)32-25(17-9-7-8-16(3)12-17)24(27(34)29(32)35)26(33)20-13-18(30)14-21(31)28(20)36-4/h7-15,25,33H,5-6H2,1-4H3/b26-24+. The fraction of sp³-hybridized carbons (Fsp3) is 0.241. The van der Waals surface area contributed by atoms with Crippen molar-refractivity contribution in [3.63, 3.8) is 0 Å². The van der Waals surface area contributed by atoms with Crippen molar-refractivity contribution in [1.82, 2.24) is 0 Å². The summed E-state index contributed by atoms with van der Waals surface area (Å²) in [6.07, 6.45) is 0. The Morgan fingerprint density at radius 1 is 0.974 bits per heavy atom. The second kappa shape index (κ2) is 11.4. The maximum atomic E-state index is 13.6. The molecule has 4 rings (SSSR count). The lowest BCUT2D eigenvalue weighted by atomic mass is 9.94. The van der Waals surface area contributed by atoms with Crippen molar-refractivity contribution in [3.05, 3.63) is 86.9 Å². The zero-order valence-corrected chi connectivity index (χ0v) is 22.9. The molecule has 38 heavy (non-hydrogen) atoms. The van der Waals surface area contributed by atoms with Crippen LogP contribution >= 0.6 is 23.2 Å². The first-order valence-corrected chi connectivity index (χ1v) is 12.8. The van der Waals surface area contributed by atoms with Crippen LogP contribution in [0.1, 0.15) is 36.6 Å². The third-order valence-electron chi connectivity index (χ3n) is 6.08. The van der Waals surface area contributed by atoms with Gasteiger partial charge in [0.15, 0.2) is 11.5 Å². The number of aryl methyl sites for hydroxylation is 1. The number of ketones is 1. The zero-order valence-electron chi connectivity index (χ0n) is 21.4. The SMILES string of the molecule is CCOc1ccc(N2C(=O)C(=O)/C(=C(/O)c3cc(Cl)cc(Cl)c3OC)C2c2cccc(C)c2)cc1OCC. The van der Waals surface area contributed by atoms with E-state index < -0.39 is 23.5 Å². The molecule has 0 aromatic heterocycles. The van der Waals surface area contributed by atoms with Crippen LogP contribution in [0.15, 0.2) is 60.2 Å². The van der Waals surface area contributed by atoms with Crippen LogP contribution in [0.4, 0.5) is 5.69 Å². The van der Waals surface area contributed by atoms with Gasteiger partial charge >= 0.3 is 0 Å². The first-order chi connectivity index (χ1) is 18.2. The van der Waals surface area contributed by atoms with E-state index in [9.17, 15) is 14.7 Å². The molecule has 198 valence electrons. The molecular weight excluding hydrogens is 529 g/mol. The van der Waals surface area contributed by atoms with Crippen LogP contribution < -0.4 is 19.1 Å². The van der Waals surface area contributed by atoms with E-state index in [1.807, 2.05) is 39.0 Å². The van der Waals surface area contributed by atoms with E-state index in [-0.39, 0.29) is 26.9 Å².